The zero-order valence-electron chi connectivity index (χ0n) is 9.69. The number of hydrogen-bond donors (Lipinski definition) is 3. The molecule has 0 bridgehead atoms. The third-order valence-corrected chi connectivity index (χ3v) is 3.49. The van der Waals surface area contributed by atoms with Gasteiger partial charge < -0.3 is 5.73 Å². The van der Waals surface area contributed by atoms with E-state index in [1.165, 1.54) is 5.56 Å². The molecular formula is C13H13N3O2. The second-order valence-corrected chi connectivity index (χ2v) is 4.53. The first kappa shape index (κ1) is 10.8. The highest BCUT2D eigenvalue weighted by Crippen LogP contribution is 2.37. The summed E-state index contributed by atoms with van der Waals surface area (Å²) in [6, 6.07) is 8.01. The van der Waals surface area contributed by atoms with Crippen molar-refractivity contribution in [1.29, 1.82) is 0 Å². The molecule has 1 heterocycles. The van der Waals surface area contributed by atoms with Crippen LogP contribution >= 0.6 is 0 Å². The normalized spacial score (nSPS) is 17.7. The van der Waals surface area contributed by atoms with Crippen LogP contribution in [0.15, 0.2) is 33.9 Å². The Morgan fingerprint density at radius 1 is 1.17 bits per heavy atom. The number of rotatable bonds is 1. The van der Waals surface area contributed by atoms with Gasteiger partial charge in [-0.1, -0.05) is 24.3 Å². The lowest BCUT2D eigenvalue weighted by Crippen LogP contribution is -2.28. The predicted octanol–water partition coefficient (Wildman–Crippen LogP) is 0.723. The predicted molar refractivity (Wildman–Crippen MR) is 68.7 cm³/mol. The highest BCUT2D eigenvalue weighted by molar-refractivity contribution is 5.49. The van der Waals surface area contributed by atoms with Crippen LogP contribution in [0.2, 0.25) is 0 Å². The van der Waals surface area contributed by atoms with E-state index in [2.05, 4.69) is 16.0 Å². The molecule has 5 nitrogen and oxygen atoms in total. The fourth-order valence-corrected chi connectivity index (χ4v) is 2.72. The lowest BCUT2D eigenvalue weighted by atomic mass is 9.94. The van der Waals surface area contributed by atoms with Crippen LogP contribution in [-0.2, 0) is 6.42 Å². The van der Waals surface area contributed by atoms with E-state index >= 15 is 0 Å². The number of hydrogen-bond acceptors (Lipinski definition) is 3. The lowest BCUT2D eigenvalue weighted by Gasteiger charge is -2.12. The summed E-state index contributed by atoms with van der Waals surface area (Å²) in [5.41, 5.74) is 7.67. The second kappa shape index (κ2) is 3.87. The van der Waals surface area contributed by atoms with Gasteiger partial charge in [0.05, 0.1) is 5.56 Å². The summed E-state index contributed by atoms with van der Waals surface area (Å²) in [6.45, 7) is 0. The van der Waals surface area contributed by atoms with Crippen molar-refractivity contribution in [2.45, 2.75) is 18.8 Å². The summed E-state index contributed by atoms with van der Waals surface area (Å²) in [5.74, 6) is 0.146. The molecule has 1 aromatic heterocycles. The molecule has 0 aliphatic heterocycles. The largest absolute Gasteiger partial charge is 0.385 e. The quantitative estimate of drug-likeness (QED) is 0.689. The summed E-state index contributed by atoms with van der Waals surface area (Å²) in [5, 5.41) is 0. The molecule has 0 saturated heterocycles. The Bertz CT molecular complexity index is 715. The van der Waals surface area contributed by atoms with Crippen LogP contribution < -0.4 is 17.0 Å². The summed E-state index contributed by atoms with van der Waals surface area (Å²) >= 11 is 0. The van der Waals surface area contributed by atoms with Crippen LogP contribution in [0.3, 0.4) is 0 Å². The van der Waals surface area contributed by atoms with Crippen LogP contribution in [0.5, 0.6) is 0 Å². The Kier molecular flexibility index (Phi) is 2.33. The van der Waals surface area contributed by atoms with Crippen molar-refractivity contribution in [3.05, 3.63) is 61.8 Å². The van der Waals surface area contributed by atoms with Gasteiger partial charge in [-0.05, 0) is 24.0 Å². The summed E-state index contributed by atoms with van der Waals surface area (Å²) in [4.78, 5) is 27.7. The van der Waals surface area contributed by atoms with E-state index in [1.54, 1.807) is 0 Å². The van der Waals surface area contributed by atoms with Crippen molar-refractivity contribution in [3.63, 3.8) is 0 Å². The van der Waals surface area contributed by atoms with E-state index < -0.39 is 11.2 Å². The number of anilines is 1. The molecule has 0 amide bonds. The summed E-state index contributed by atoms with van der Waals surface area (Å²) in [7, 11) is 0. The summed E-state index contributed by atoms with van der Waals surface area (Å²) in [6.07, 6.45) is 1.78. The molecule has 0 radical (unpaired) electrons. The number of benzene rings is 1. The zero-order chi connectivity index (χ0) is 12.7. The van der Waals surface area contributed by atoms with Gasteiger partial charge in [0.25, 0.3) is 5.56 Å². The maximum Gasteiger partial charge on any atom is 0.327 e. The molecule has 0 saturated carbocycles. The van der Waals surface area contributed by atoms with Crippen molar-refractivity contribution in [2.24, 2.45) is 0 Å². The topological polar surface area (TPSA) is 91.7 Å². The standard InChI is InChI=1S/C13H13N3O2/c14-11-10(12(17)16-13(18)15-11)9-6-5-7-3-1-2-4-8(7)9/h1-4,9H,5-6H2,(H4,14,15,16,17,18). The maximum atomic E-state index is 11.9. The number of fused-ring (bicyclic) bond motifs is 1. The minimum atomic E-state index is -0.562. The van der Waals surface area contributed by atoms with Crippen molar-refractivity contribution < 1.29 is 0 Å². The molecule has 5 heteroatoms. The maximum absolute atomic E-state index is 11.9. The molecule has 3 rings (SSSR count). The first-order chi connectivity index (χ1) is 8.66. The molecule has 4 N–H and O–H groups in total. The Balaban J connectivity index is 2.19. The van der Waals surface area contributed by atoms with Gasteiger partial charge in [0.2, 0.25) is 0 Å². The van der Waals surface area contributed by atoms with Crippen molar-refractivity contribution in [3.8, 4) is 0 Å². The monoisotopic (exact) mass is 243 g/mol. The average molecular weight is 243 g/mol. The minimum Gasteiger partial charge on any atom is -0.385 e. The van der Waals surface area contributed by atoms with Gasteiger partial charge in [-0.3, -0.25) is 14.8 Å². The molecular weight excluding hydrogens is 230 g/mol. The number of H-pyrrole nitrogens is 2. The van der Waals surface area contributed by atoms with E-state index in [-0.39, 0.29) is 11.7 Å². The van der Waals surface area contributed by atoms with Gasteiger partial charge in [-0.25, -0.2) is 4.79 Å². The van der Waals surface area contributed by atoms with Crippen LogP contribution in [0.4, 0.5) is 5.82 Å². The molecule has 1 unspecified atom stereocenters. The highest BCUT2D eigenvalue weighted by Gasteiger charge is 2.27. The van der Waals surface area contributed by atoms with Gasteiger partial charge >= 0.3 is 5.69 Å². The zero-order valence-corrected chi connectivity index (χ0v) is 9.69. The van der Waals surface area contributed by atoms with E-state index in [4.69, 9.17) is 5.73 Å². The van der Waals surface area contributed by atoms with Crippen LogP contribution in [-0.4, -0.2) is 9.97 Å². The Hall–Kier alpha value is -2.30. The smallest absolute Gasteiger partial charge is 0.327 e. The Morgan fingerprint density at radius 2 is 1.94 bits per heavy atom. The van der Waals surface area contributed by atoms with Crippen LogP contribution in [0.1, 0.15) is 29.0 Å². The molecule has 1 aliphatic rings. The number of aromatic amines is 2. The Morgan fingerprint density at radius 3 is 2.72 bits per heavy atom. The minimum absolute atomic E-state index is 0.0261. The van der Waals surface area contributed by atoms with Crippen molar-refractivity contribution in [2.75, 3.05) is 5.73 Å². The van der Waals surface area contributed by atoms with Gasteiger partial charge in [0.1, 0.15) is 5.82 Å². The van der Waals surface area contributed by atoms with Gasteiger partial charge in [-0.2, -0.15) is 0 Å². The van der Waals surface area contributed by atoms with E-state index in [1.807, 2.05) is 18.2 Å². The van der Waals surface area contributed by atoms with Gasteiger partial charge in [0, 0.05) is 5.92 Å². The highest BCUT2D eigenvalue weighted by atomic mass is 16.2. The molecule has 18 heavy (non-hydrogen) atoms. The average Bonchev–Trinajstić information content (AvgIpc) is 2.72. The molecule has 1 aliphatic carbocycles. The number of nitrogens with two attached hydrogens (primary N) is 1. The third-order valence-electron chi connectivity index (χ3n) is 3.49. The SMILES string of the molecule is Nc1[nH]c(=O)[nH]c(=O)c1C1CCc2ccccc21. The molecule has 2 aromatic rings. The Labute approximate surface area is 103 Å². The van der Waals surface area contributed by atoms with Gasteiger partial charge in [-0.15, -0.1) is 0 Å². The lowest BCUT2D eigenvalue weighted by molar-refractivity contribution is 0.768. The number of nitrogens with one attached hydrogen (secondary N) is 2. The molecule has 0 spiro atoms. The van der Waals surface area contributed by atoms with Crippen LogP contribution in [0.25, 0.3) is 0 Å². The van der Waals surface area contributed by atoms with Crippen LogP contribution in [0, 0.1) is 0 Å². The number of aromatic nitrogens is 2. The molecule has 1 aromatic carbocycles. The van der Waals surface area contributed by atoms with E-state index in [0.29, 0.717) is 5.56 Å². The van der Waals surface area contributed by atoms with Gasteiger partial charge in [0.15, 0.2) is 0 Å². The number of aryl methyl sites for hydroxylation is 1. The third kappa shape index (κ3) is 1.55. The second-order valence-electron chi connectivity index (χ2n) is 4.53. The summed E-state index contributed by atoms with van der Waals surface area (Å²) < 4.78 is 0. The first-order valence-electron chi connectivity index (χ1n) is 5.86. The fourth-order valence-electron chi connectivity index (χ4n) is 2.72. The van der Waals surface area contributed by atoms with Crippen molar-refractivity contribution in [1.82, 2.24) is 9.97 Å². The molecule has 92 valence electrons. The molecule has 0 fully saturated rings. The first-order valence-corrected chi connectivity index (χ1v) is 5.86. The van der Waals surface area contributed by atoms with E-state index in [0.717, 1.165) is 18.4 Å². The van der Waals surface area contributed by atoms with E-state index in [9.17, 15) is 9.59 Å². The number of nitrogen functional groups attached to an aromatic ring is 1. The fraction of sp³-hybridized carbons (Fsp3) is 0.231. The van der Waals surface area contributed by atoms with Crippen molar-refractivity contribution >= 4 is 5.82 Å². The molecule has 1 atom stereocenters.